The van der Waals surface area contributed by atoms with Crippen LogP contribution in [0.2, 0.25) is 0 Å². The molecule has 6 heteroatoms. The van der Waals surface area contributed by atoms with Gasteiger partial charge in [-0.3, -0.25) is 0 Å². The van der Waals surface area contributed by atoms with Gasteiger partial charge in [-0.15, -0.1) is 0 Å². The third kappa shape index (κ3) is 4.19. The second-order valence-corrected chi connectivity index (χ2v) is 6.84. The number of nitrogens with two attached hydrogens (primary N) is 1. The van der Waals surface area contributed by atoms with Crippen LogP contribution in [0.15, 0.2) is 18.2 Å². The lowest BCUT2D eigenvalue weighted by Gasteiger charge is -2.20. The number of benzene rings is 1. The van der Waals surface area contributed by atoms with Gasteiger partial charge in [0.05, 0.1) is 5.75 Å². The summed E-state index contributed by atoms with van der Waals surface area (Å²) >= 11 is 0. The number of nitrogens with zero attached hydrogens (tertiary/aromatic N) is 1. The largest absolute Gasteiger partial charge is 0.508 e. The van der Waals surface area contributed by atoms with Crippen LogP contribution in [0.1, 0.15) is 18.5 Å². The Labute approximate surface area is 108 Å². The van der Waals surface area contributed by atoms with Gasteiger partial charge in [-0.1, -0.05) is 6.07 Å². The lowest BCUT2D eigenvalue weighted by molar-refractivity contribution is 0.464. The molecular weight excluding hydrogens is 252 g/mol. The van der Waals surface area contributed by atoms with Crippen molar-refractivity contribution in [3.8, 4) is 5.75 Å². The highest BCUT2D eigenvalue weighted by molar-refractivity contribution is 7.90. The van der Waals surface area contributed by atoms with Gasteiger partial charge >= 0.3 is 0 Å². The molecule has 0 spiro atoms. The molecule has 0 aliphatic heterocycles. The third-order valence-corrected chi connectivity index (χ3v) is 3.67. The number of anilines is 1. The Bertz CT molecular complexity index is 512. The maximum absolute atomic E-state index is 11.1. The van der Waals surface area contributed by atoms with Crippen molar-refractivity contribution in [1.82, 2.24) is 0 Å². The monoisotopic (exact) mass is 272 g/mol. The van der Waals surface area contributed by atoms with E-state index in [2.05, 4.69) is 0 Å². The maximum Gasteiger partial charge on any atom is 0.149 e. The first-order valence-electron chi connectivity index (χ1n) is 5.68. The van der Waals surface area contributed by atoms with Crippen LogP contribution in [0.25, 0.3) is 0 Å². The molecule has 0 aromatic heterocycles. The van der Waals surface area contributed by atoms with E-state index in [9.17, 15) is 13.5 Å². The Morgan fingerprint density at radius 3 is 2.50 bits per heavy atom. The minimum absolute atomic E-state index is 0.0826. The Balaban J connectivity index is 2.81. The topological polar surface area (TPSA) is 83.6 Å². The average molecular weight is 272 g/mol. The molecule has 1 unspecified atom stereocenters. The van der Waals surface area contributed by atoms with Crippen molar-refractivity contribution in [3.05, 3.63) is 23.8 Å². The van der Waals surface area contributed by atoms with E-state index in [-0.39, 0.29) is 17.5 Å². The van der Waals surface area contributed by atoms with Crippen molar-refractivity contribution in [2.24, 2.45) is 5.73 Å². The Morgan fingerprint density at radius 1 is 1.44 bits per heavy atom. The molecule has 18 heavy (non-hydrogen) atoms. The second-order valence-electron chi connectivity index (χ2n) is 4.58. The quantitative estimate of drug-likeness (QED) is 0.831. The SMILES string of the molecule is CC(N)c1ccc(N(C)CCS(C)(=O)=O)cc1O. The van der Waals surface area contributed by atoms with E-state index in [1.807, 2.05) is 6.07 Å². The molecule has 1 aromatic rings. The summed E-state index contributed by atoms with van der Waals surface area (Å²) in [5, 5.41) is 9.81. The standard InChI is InChI=1S/C12H20N2O3S/c1-9(13)11-5-4-10(8-12(11)15)14(2)6-7-18(3,16)17/h4-5,8-9,15H,6-7,13H2,1-3H3. The second kappa shape index (κ2) is 5.58. The van der Waals surface area contributed by atoms with Gasteiger partial charge < -0.3 is 15.7 Å². The van der Waals surface area contributed by atoms with Gasteiger partial charge in [-0.05, 0) is 13.0 Å². The predicted molar refractivity (Wildman–Crippen MR) is 73.7 cm³/mol. The summed E-state index contributed by atoms with van der Waals surface area (Å²) in [6, 6.07) is 4.94. The van der Waals surface area contributed by atoms with E-state index >= 15 is 0 Å². The van der Waals surface area contributed by atoms with Crippen molar-refractivity contribution in [3.63, 3.8) is 0 Å². The molecule has 0 heterocycles. The van der Waals surface area contributed by atoms with Crippen LogP contribution in [-0.2, 0) is 9.84 Å². The van der Waals surface area contributed by atoms with Crippen LogP contribution in [0, 0.1) is 0 Å². The van der Waals surface area contributed by atoms with E-state index in [1.165, 1.54) is 6.26 Å². The maximum atomic E-state index is 11.1. The van der Waals surface area contributed by atoms with Gasteiger partial charge in [0.1, 0.15) is 15.6 Å². The zero-order chi connectivity index (χ0) is 13.9. The lowest BCUT2D eigenvalue weighted by Crippen LogP contribution is -2.24. The first-order valence-corrected chi connectivity index (χ1v) is 7.74. The Kier molecular flexibility index (Phi) is 4.59. The van der Waals surface area contributed by atoms with Crippen molar-refractivity contribution in [2.45, 2.75) is 13.0 Å². The molecule has 0 radical (unpaired) electrons. The van der Waals surface area contributed by atoms with Gasteiger partial charge in [0.2, 0.25) is 0 Å². The smallest absolute Gasteiger partial charge is 0.149 e. The molecule has 102 valence electrons. The number of hydrogen-bond acceptors (Lipinski definition) is 5. The summed E-state index contributed by atoms with van der Waals surface area (Å²) in [4.78, 5) is 1.78. The highest BCUT2D eigenvalue weighted by atomic mass is 32.2. The van der Waals surface area contributed by atoms with Gasteiger partial charge in [-0.25, -0.2) is 8.42 Å². The van der Waals surface area contributed by atoms with Crippen molar-refractivity contribution in [2.75, 3.05) is 30.5 Å². The number of rotatable bonds is 5. The molecule has 0 saturated heterocycles. The van der Waals surface area contributed by atoms with Crippen LogP contribution >= 0.6 is 0 Å². The molecule has 3 N–H and O–H groups in total. The Hall–Kier alpha value is -1.27. The van der Waals surface area contributed by atoms with Crippen LogP contribution in [-0.4, -0.2) is 39.1 Å². The van der Waals surface area contributed by atoms with Crippen molar-refractivity contribution in [1.29, 1.82) is 0 Å². The molecule has 1 atom stereocenters. The van der Waals surface area contributed by atoms with Gasteiger partial charge in [0.15, 0.2) is 0 Å². The molecule has 1 aromatic carbocycles. The number of hydrogen-bond donors (Lipinski definition) is 2. The fourth-order valence-corrected chi connectivity index (χ4v) is 2.19. The van der Waals surface area contributed by atoms with Crippen LogP contribution < -0.4 is 10.6 Å². The van der Waals surface area contributed by atoms with E-state index in [4.69, 9.17) is 5.73 Å². The summed E-state index contributed by atoms with van der Waals surface area (Å²) in [5.74, 6) is 0.216. The summed E-state index contributed by atoms with van der Waals surface area (Å²) in [7, 11) is -1.20. The van der Waals surface area contributed by atoms with Gasteiger partial charge in [-0.2, -0.15) is 0 Å². The van der Waals surface area contributed by atoms with Gasteiger partial charge in [0.25, 0.3) is 0 Å². The summed E-state index contributed by atoms with van der Waals surface area (Å²) < 4.78 is 22.2. The molecule has 0 saturated carbocycles. The highest BCUT2D eigenvalue weighted by Crippen LogP contribution is 2.27. The molecule has 0 aliphatic carbocycles. The number of phenols is 1. The van der Waals surface area contributed by atoms with Crippen molar-refractivity contribution < 1.29 is 13.5 Å². The molecule has 1 rings (SSSR count). The van der Waals surface area contributed by atoms with Crippen LogP contribution in [0.5, 0.6) is 5.75 Å². The predicted octanol–water partition coefficient (Wildman–Crippen LogP) is 0.893. The number of aromatic hydroxyl groups is 1. The van der Waals surface area contributed by atoms with Crippen molar-refractivity contribution >= 4 is 15.5 Å². The first-order chi connectivity index (χ1) is 8.20. The third-order valence-electron chi connectivity index (χ3n) is 2.74. The lowest BCUT2D eigenvalue weighted by atomic mass is 10.1. The van der Waals surface area contributed by atoms with E-state index in [0.29, 0.717) is 12.1 Å². The first kappa shape index (κ1) is 14.8. The fraction of sp³-hybridized carbons (Fsp3) is 0.500. The van der Waals surface area contributed by atoms with E-state index in [1.54, 1.807) is 31.0 Å². The summed E-state index contributed by atoms with van der Waals surface area (Å²) in [6.07, 6.45) is 1.21. The molecule has 0 bridgehead atoms. The van der Waals surface area contributed by atoms with Crippen LogP contribution in [0.3, 0.4) is 0 Å². The molecular formula is C12H20N2O3S. The van der Waals surface area contributed by atoms with E-state index in [0.717, 1.165) is 5.69 Å². The molecule has 0 aliphatic rings. The average Bonchev–Trinajstić information content (AvgIpc) is 2.24. The Morgan fingerprint density at radius 2 is 2.06 bits per heavy atom. The normalized spacial score (nSPS) is 13.3. The fourth-order valence-electron chi connectivity index (χ4n) is 1.59. The minimum Gasteiger partial charge on any atom is -0.508 e. The zero-order valence-electron chi connectivity index (χ0n) is 10.9. The minimum atomic E-state index is -2.98. The van der Waals surface area contributed by atoms with Crippen LogP contribution in [0.4, 0.5) is 5.69 Å². The molecule has 5 nitrogen and oxygen atoms in total. The summed E-state index contributed by atoms with van der Waals surface area (Å²) in [5.41, 5.74) is 7.14. The van der Waals surface area contributed by atoms with Gasteiger partial charge in [0, 0.05) is 43.2 Å². The molecule has 0 amide bonds. The highest BCUT2D eigenvalue weighted by Gasteiger charge is 2.10. The number of phenolic OH excluding ortho intramolecular Hbond substituents is 1. The summed E-state index contributed by atoms with van der Waals surface area (Å²) in [6.45, 7) is 2.18. The van der Waals surface area contributed by atoms with E-state index < -0.39 is 9.84 Å². The molecule has 0 fully saturated rings. The zero-order valence-corrected chi connectivity index (χ0v) is 11.7. The number of sulfone groups is 1.